The van der Waals surface area contributed by atoms with Crippen LogP contribution in [0.15, 0.2) is 36.4 Å². The van der Waals surface area contributed by atoms with Gasteiger partial charge in [0.1, 0.15) is 0 Å². The zero-order chi connectivity index (χ0) is 17.0. The molecule has 23 heavy (non-hydrogen) atoms. The van der Waals surface area contributed by atoms with E-state index in [1.807, 2.05) is 0 Å². The Morgan fingerprint density at radius 3 is 2.48 bits per heavy atom. The van der Waals surface area contributed by atoms with Crippen LogP contribution in [0.1, 0.15) is 27.6 Å². The fourth-order valence-electron chi connectivity index (χ4n) is 1.82. The maximum absolute atomic E-state index is 12.2. The van der Waals surface area contributed by atoms with Crippen LogP contribution in [0.4, 0.5) is 0 Å². The average molecular weight is 355 g/mol. The molecule has 1 N–H and O–H groups in total. The summed E-state index contributed by atoms with van der Waals surface area (Å²) in [6.45, 7) is 1.96. The van der Waals surface area contributed by atoms with E-state index in [0.717, 1.165) is 0 Å². The van der Waals surface area contributed by atoms with Gasteiger partial charge in [0, 0.05) is 5.02 Å². The topological polar surface area (TPSA) is 72.8 Å². The van der Waals surface area contributed by atoms with Crippen LogP contribution in [0.5, 0.6) is 11.5 Å². The molecule has 120 valence electrons. The molecule has 0 aromatic heterocycles. The van der Waals surface area contributed by atoms with Crippen LogP contribution < -0.4 is 9.47 Å². The fourth-order valence-corrected chi connectivity index (χ4v) is 2.26. The molecule has 0 saturated heterocycles. The lowest BCUT2D eigenvalue weighted by Crippen LogP contribution is -2.11. The van der Waals surface area contributed by atoms with Gasteiger partial charge in [-0.1, -0.05) is 29.3 Å². The molecule has 7 heteroatoms. The lowest BCUT2D eigenvalue weighted by molar-refractivity contribution is 0.0696. The summed E-state index contributed by atoms with van der Waals surface area (Å²) in [7, 11) is 0. The second kappa shape index (κ2) is 7.35. The van der Waals surface area contributed by atoms with Crippen molar-refractivity contribution >= 4 is 35.1 Å². The molecular formula is C16H12Cl2O5. The second-order valence-electron chi connectivity index (χ2n) is 4.42. The average Bonchev–Trinajstić information content (AvgIpc) is 2.50. The summed E-state index contributed by atoms with van der Waals surface area (Å²) in [6.07, 6.45) is 0. The standard InChI is InChI=1S/C16H12Cl2O5/c1-2-22-13-8-10(15(19)20)7-12(18)14(13)23-16(21)9-4-3-5-11(17)6-9/h3-8H,2H2,1H3,(H,19,20). The Labute approximate surface area is 142 Å². The third-order valence-corrected chi connectivity index (χ3v) is 3.33. The van der Waals surface area contributed by atoms with E-state index in [1.165, 1.54) is 24.3 Å². The Morgan fingerprint density at radius 2 is 1.87 bits per heavy atom. The van der Waals surface area contributed by atoms with E-state index in [-0.39, 0.29) is 34.3 Å². The Hall–Kier alpha value is -2.24. The molecule has 2 rings (SSSR count). The maximum Gasteiger partial charge on any atom is 0.343 e. The number of ether oxygens (including phenoxy) is 2. The number of esters is 1. The minimum absolute atomic E-state index is 0.0382. The van der Waals surface area contributed by atoms with Crippen molar-refractivity contribution in [1.82, 2.24) is 0 Å². The van der Waals surface area contributed by atoms with E-state index in [9.17, 15) is 9.59 Å². The first-order valence-corrected chi connectivity index (χ1v) is 7.35. The number of carbonyl (C=O) groups is 2. The van der Waals surface area contributed by atoms with Crippen LogP contribution >= 0.6 is 23.2 Å². The second-order valence-corrected chi connectivity index (χ2v) is 5.27. The zero-order valence-corrected chi connectivity index (χ0v) is 13.5. The minimum atomic E-state index is -1.17. The molecule has 2 aromatic rings. The van der Waals surface area contributed by atoms with E-state index in [2.05, 4.69) is 0 Å². The lowest BCUT2D eigenvalue weighted by Gasteiger charge is -2.13. The minimum Gasteiger partial charge on any atom is -0.490 e. The largest absolute Gasteiger partial charge is 0.490 e. The maximum atomic E-state index is 12.2. The Morgan fingerprint density at radius 1 is 1.13 bits per heavy atom. The van der Waals surface area contributed by atoms with Crippen LogP contribution in [-0.2, 0) is 0 Å². The molecule has 0 heterocycles. The van der Waals surface area contributed by atoms with Gasteiger partial charge < -0.3 is 14.6 Å². The number of hydrogen-bond donors (Lipinski definition) is 1. The van der Waals surface area contributed by atoms with Crippen molar-refractivity contribution in [2.75, 3.05) is 6.61 Å². The van der Waals surface area contributed by atoms with Crippen molar-refractivity contribution in [3.63, 3.8) is 0 Å². The van der Waals surface area contributed by atoms with E-state index in [4.69, 9.17) is 37.8 Å². The Balaban J connectivity index is 2.38. The predicted octanol–water partition coefficient (Wildman–Crippen LogP) is 4.31. The number of rotatable bonds is 5. The van der Waals surface area contributed by atoms with Crippen molar-refractivity contribution in [2.24, 2.45) is 0 Å². The highest BCUT2D eigenvalue weighted by Gasteiger charge is 2.19. The highest BCUT2D eigenvalue weighted by Crippen LogP contribution is 2.37. The summed E-state index contributed by atoms with van der Waals surface area (Å²) < 4.78 is 10.6. The van der Waals surface area contributed by atoms with Crippen molar-refractivity contribution < 1.29 is 24.2 Å². The molecule has 0 atom stereocenters. The van der Waals surface area contributed by atoms with Crippen molar-refractivity contribution in [1.29, 1.82) is 0 Å². The van der Waals surface area contributed by atoms with Gasteiger partial charge in [0.05, 0.1) is 22.8 Å². The quantitative estimate of drug-likeness (QED) is 0.639. The molecule has 0 saturated carbocycles. The number of halogens is 2. The fraction of sp³-hybridized carbons (Fsp3) is 0.125. The molecule has 0 spiro atoms. The van der Waals surface area contributed by atoms with E-state index in [1.54, 1.807) is 19.1 Å². The number of carboxylic acid groups (broad SMARTS) is 1. The molecule has 2 aromatic carbocycles. The van der Waals surface area contributed by atoms with Gasteiger partial charge in [-0.3, -0.25) is 0 Å². The molecule has 0 bridgehead atoms. The van der Waals surface area contributed by atoms with Crippen LogP contribution in [0.3, 0.4) is 0 Å². The van der Waals surface area contributed by atoms with Gasteiger partial charge in [-0.25, -0.2) is 9.59 Å². The predicted molar refractivity (Wildman–Crippen MR) is 86.0 cm³/mol. The summed E-state index contributed by atoms with van der Waals surface area (Å²) in [5, 5.41) is 9.39. The third-order valence-electron chi connectivity index (χ3n) is 2.81. The third kappa shape index (κ3) is 4.15. The van der Waals surface area contributed by atoms with Gasteiger partial charge in [0.15, 0.2) is 11.5 Å². The van der Waals surface area contributed by atoms with Crippen molar-refractivity contribution in [3.8, 4) is 11.5 Å². The smallest absolute Gasteiger partial charge is 0.343 e. The molecule has 0 aliphatic carbocycles. The lowest BCUT2D eigenvalue weighted by atomic mass is 10.2. The molecule has 5 nitrogen and oxygen atoms in total. The van der Waals surface area contributed by atoms with Crippen molar-refractivity contribution in [2.45, 2.75) is 6.92 Å². The van der Waals surface area contributed by atoms with Crippen LogP contribution in [0.2, 0.25) is 10.0 Å². The van der Waals surface area contributed by atoms with E-state index in [0.29, 0.717) is 5.02 Å². The van der Waals surface area contributed by atoms with Gasteiger partial charge in [-0.2, -0.15) is 0 Å². The molecule has 0 radical (unpaired) electrons. The SMILES string of the molecule is CCOc1cc(C(=O)O)cc(Cl)c1OC(=O)c1cccc(Cl)c1. The number of aromatic carboxylic acids is 1. The first-order valence-electron chi connectivity index (χ1n) is 6.59. The van der Waals surface area contributed by atoms with Gasteiger partial charge in [0.25, 0.3) is 0 Å². The molecule has 0 aliphatic heterocycles. The highest BCUT2D eigenvalue weighted by molar-refractivity contribution is 6.33. The van der Waals surface area contributed by atoms with Crippen molar-refractivity contribution in [3.05, 3.63) is 57.6 Å². The summed E-state index contributed by atoms with van der Waals surface area (Å²) in [4.78, 5) is 23.2. The zero-order valence-electron chi connectivity index (χ0n) is 12.0. The molecule has 0 aliphatic rings. The monoisotopic (exact) mass is 354 g/mol. The number of carbonyl (C=O) groups excluding carboxylic acids is 1. The van der Waals surface area contributed by atoms with E-state index < -0.39 is 11.9 Å². The molecule has 0 unspecified atom stereocenters. The summed E-state index contributed by atoms with van der Waals surface area (Å²) in [5.74, 6) is -1.81. The highest BCUT2D eigenvalue weighted by atomic mass is 35.5. The molecular weight excluding hydrogens is 343 g/mol. The summed E-state index contributed by atoms with van der Waals surface area (Å²) in [6, 6.07) is 8.65. The number of hydrogen-bond acceptors (Lipinski definition) is 4. The first-order chi connectivity index (χ1) is 10.9. The van der Waals surface area contributed by atoms with Crippen LogP contribution in [0, 0.1) is 0 Å². The summed E-state index contributed by atoms with van der Waals surface area (Å²) >= 11 is 11.9. The van der Waals surface area contributed by atoms with E-state index >= 15 is 0 Å². The summed E-state index contributed by atoms with van der Waals surface area (Å²) in [5.41, 5.74) is 0.166. The van der Waals surface area contributed by atoms with Gasteiger partial charge >= 0.3 is 11.9 Å². The Bertz CT molecular complexity index is 758. The van der Waals surface area contributed by atoms with Crippen LogP contribution in [0.25, 0.3) is 0 Å². The normalized spacial score (nSPS) is 10.2. The number of carboxylic acids is 1. The van der Waals surface area contributed by atoms with Gasteiger partial charge in [-0.15, -0.1) is 0 Å². The Kier molecular flexibility index (Phi) is 5.47. The van der Waals surface area contributed by atoms with Crippen LogP contribution in [-0.4, -0.2) is 23.7 Å². The van der Waals surface area contributed by atoms with Gasteiger partial charge in [-0.05, 0) is 37.3 Å². The van der Waals surface area contributed by atoms with Gasteiger partial charge in [0.2, 0.25) is 0 Å². The number of benzene rings is 2. The molecule has 0 amide bonds. The first kappa shape index (κ1) is 17.1. The molecule has 0 fully saturated rings.